The number of thioether (sulfide) groups is 1. The van der Waals surface area contributed by atoms with Gasteiger partial charge in [0.05, 0.1) is 0 Å². The Hall–Kier alpha value is -1.01. The van der Waals surface area contributed by atoms with Crippen molar-refractivity contribution in [2.45, 2.75) is 12.2 Å². The van der Waals surface area contributed by atoms with Gasteiger partial charge in [-0.15, -0.1) is 0 Å². The highest BCUT2D eigenvalue weighted by atomic mass is 35.5. The summed E-state index contributed by atoms with van der Waals surface area (Å²) in [4.78, 5) is 8.05. The number of aromatic nitrogens is 4. The highest BCUT2D eigenvalue weighted by Gasteiger charge is 2.07. The summed E-state index contributed by atoms with van der Waals surface area (Å²) in [6.45, 7) is 3.00. The number of nitrogens with zero attached hydrogens (tertiary/aromatic N) is 4. The molecule has 7 heteroatoms. The van der Waals surface area contributed by atoms with E-state index in [0.29, 0.717) is 16.2 Å². The Morgan fingerprint density at radius 2 is 2.44 bits per heavy atom. The zero-order valence-electron chi connectivity index (χ0n) is 9.01. The second-order valence-electron chi connectivity index (χ2n) is 3.36. The molecule has 0 spiro atoms. The molecule has 0 radical (unpaired) electrons. The molecule has 1 atom stereocenters. The van der Waals surface area contributed by atoms with Crippen molar-refractivity contribution in [3.63, 3.8) is 0 Å². The minimum atomic E-state index is 0.416. The predicted octanol–water partition coefficient (Wildman–Crippen LogP) is 1.94. The first-order valence-corrected chi connectivity index (χ1v) is 6.50. The van der Waals surface area contributed by atoms with Crippen molar-refractivity contribution < 1.29 is 0 Å². The molecule has 0 amide bonds. The lowest BCUT2D eigenvalue weighted by Gasteiger charge is -2.11. The first-order chi connectivity index (χ1) is 7.70. The molecular weight excluding hydrogens is 246 g/mol. The summed E-state index contributed by atoms with van der Waals surface area (Å²) in [6, 6.07) is 1.75. The van der Waals surface area contributed by atoms with Crippen LogP contribution in [0.5, 0.6) is 0 Å². The van der Waals surface area contributed by atoms with Crippen LogP contribution in [0.1, 0.15) is 6.92 Å². The highest BCUT2D eigenvalue weighted by Crippen LogP contribution is 2.15. The van der Waals surface area contributed by atoms with Crippen molar-refractivity contribution in [1.29, 1.82) is 0 Å². The number of rotatable bonds is 4. The van der Waals surface area contributed by atoms with Gasteiger partial charge in [0, 0.05) is 17.9 Å². The topological polar surface area (TPSA) is 55.1 Å². The maximum absolute atomic E-state index is 5.89. The molecule has 2 aromatic rings. The predicted molar refractivity (Wildman–Crippen MR) is 67.3 cm³/mol. The number of fused-ring (bicyclic) bond motifs is 1. The van der Waals surface area contributed by atoms with Gasteiger partial charge in [0.1, 0.15) is 17.3 Å². The van der Waals surface area contributed by atoms with E-state index in [9.17, 15) is 0 Å². The lowest BCUT2D eigenvalue weighted by molar-refractivity contribution is 0.910. The van der Waals surface area contributed by atoms with Crippen molar-refractivity contribution in [2.24, 2.45) is 0 Å². The lowest BCUT2D eigenvalue weighted by atomic mass is 10.4. The van der Waals surface area contributed by atoms with Crippen molar-refractivity contribution in [1.82, 2.24) is 19.6 Å². The molecular formula is C9H12ClN5S. The minimum absolute atomic E-state index is 0.416. The summed E-state index contributed by atoms with van der Waals surface area (Å²) in [5.41, 5.74) is 0. The fourth-order valence-electron chi connectivity index (χ4n) is 1.24. The average molecular weight is 258 g/mol. The van der Waals surface area contributed by atoms with Crippen LogP contribution in [0.4, 0.5) is 5.82 Å². The van der Waals surface area contributed by atoms with Crippen LogP contribution in [0.2, 0.25) is 5.15 Å². The Kier molecular flexibility index (Phi) is 3.50. The summed E-state index contributed by atoms with van der Waals surface area (Å²) < 4.78 is 1.64. The fourth-order valence-corrected chi connectivity index (χ4v) is 1.67. The zero-order valence-corrected chi connectivity index (χ0v) is 10.6. The molecule has 0 fully saturated rings. The molecule has 0 bridgehead atoms. The summed E-state index contributed by atoms with van der Waals surface area (Å²) in [5, 5.41) is 8.29. The first-order valence-electron chi connectivity index (χ1n) is 4.83. The molecule has 0 aromatic carbocycles. The Morgan fingerprint density at radius 1 is 1.62 bits per heavy atom. The van der Waals surface area contributed by atoms with E-state index in [-0.39, 0.29) is 0 Å². The van der Waals surface area contributed by atoms with Gasteiger partial charge in [0.2, 0.25) is 0 Å². The quantitative estimate of drug-likeness (QED) is 0.849. The molecule has 0 saturated carbocycles. The molecule has 2 heterocycles. The third-order valence-electron chi connectivity index (χ3n) is 2.19. The van der Waals surface area contributed by atoms with Gasteiger partial charge in [-0.1, -0.05) is 18.5 Å². The monoisotopic (exact) mass is 257 g/mol. The fraction of sp³-hybridized carbons (Fsp3) is 0.444. The number of halogens is 1. The Balaban J connectivity index is 2.25. The average Bonchev–Trinajstić information content (AvgIpc) is 2.73. The van der Waals surface area contributed by atoms with E-state index in [1.54, 1.807) is 22.3 Å². The minimum Gasteiger partial charge on any atom is -0.369 e. The van der Waals surface area contributed by atoms with Gasteiger partial charge < -0.3 is 5.32 Å². The Bertz CT molecular complexity index is 486. The number of nitrogens with one attached hydrogen (secondary N) is 1. The highest BCUT2D eigenvalue weighted by molar-refractivity contribution is 7.99. The summed E-state index contributed by atoms with van der Waals surface area (Å²) >= 11 is 7.69. The normalized spacial score (nSPS) is 12.9. The lowest BCUT2D eigenvalue weighted by Crippen LogP contribution is -2.15. The van der Waals surface area contributed by atoms with E-state index in [1.807, 2.05) is 0 Å². The van der Waals surface area contributed by atoms with Crippen LogP contribution >= 0.6 is 23.4 Å². The van der Waals surface area contributed by atoms with E-state index in [1.165, 1.54) is 6.33 Å². The Labute approximate surface area is 103 Å². The van der Waals surface area contributed by atoms with Gasteiger partial charge in [-0.25, -0.2) is 0 Å². The van der Waals surface area contributed by atoms with E-state index in [0.717, 1.165) is 12.4 Å². The maximum atomic E-state index is 5.89. The van der Waals surface area contributed by atoms with E-state index >= 15 is 0 Å². The second-order valence-corrected chi connectivity index (χ2v) is 5.03. The van der Waals surface area contributed by atoms with Crippen LogP contribution in [0, 0.1) is 0 Å². The number of anilines is 1. The van der Waals surface area contributed by atoms with Crippen LogP contribution in [-0.2, 0) is 0 Å². The molecule has 5 nitrogen and oxygen atoms in total. The van der Waals surface area contributed by atoms with Crippen LogP contribution in [0.25, 0.3) is 5.78 Å². The maximum Gasteiger partial charge on any atom is 0.255 e. The van der Waals surface area contributed by atoms with Crippen molar-refractivity contribution in [3.8, 4) is 0 Å². The largest absolute Gasteiger partial charge is 0.369 e. The van der Waals surface area contributed by atoms with Crippen LogP contribution in [-0.4, -0.2) is 37.6 Å². The molecule has 2 aromatic heterocycles. The van der Waals surface area contributed by atoms with Gasteiger partial charge >= 0.3 is 0 Å². The van der Waals surface area contributed by atoms with Crippen molar-refractivity contribution >= 4 is 35.0 Å². The first kappa shape index (κ1) is 11.5. The van der Waals surface area contributed by atoms with Gasteiger partial charge in [-0.3, -0.25) is 0 Å². The van der Waals surface area contributed by atoms with Crippen LogP contribution < -0.4 is 5.32 Å². The second kappa shape index (κ2) is 4.88. The number of hydrogen-bond donors (Lipinski definition) is 1. The molecule has 86 valence electrons. The molecule has 1 unspecified atom stereocenters. The molecule has 1 N–H and O–H groups in total. The van der Waals surface area contributed by atoms with Crippen LogP contribution in [0.15, 0.2) is 12.4 Å². The molecule has 0 aliphatic rings. The van der Waals surface area contributed by atoms with Gasteiger partial charge in [0.15, 0.2) is 0 Å². The SMILES string of the molecule is CSC(C)CNc1cc(Cl)nc2ncnn12. The third kappa shape index (κ3) is 2.38. The van der Waals surface area contributed by atoms with Crippen molar-refractivity contribution in [2.75, 3.05) is 18.1 Å². The van der Waals surface area contributed by atoms with E-state index in [2.05, 4.69) is 33.6 Å². The van der Waals surface area contributed by atoms with Gasteiger partial charge in [0.25, 0.3) is 5.78 Å². The molecule has 0 aliphatic carbocycles. The molecule has 0 saturated heterocycles. The molecule has 2 rings (SSSR count). The van der Waals surface area contributed by atoms with Crippen molar-refractivity contribution in [3.05, 3.63) is 17.5 Å². The number of hydrogen-bond acceptors (Lipinski definition) is 5. The standard InChI is InChI=1S/C9H12ClN5S/c1-6(16-2)4-11-8-3-7(10)14-9-12-5-13-15(8)9/h3,5-6,11H,4H2,1-2H3. The van der Waals surface area contributed by atoms with E-state index < -0.39 is 0 Å². The molecule has 0 aliphatic heterocycles. The van der Waals surface area contributed by atoms with Crippen LogP contribution in [0.3, 0.4) is 0 Å². The summed E-state index contributed by atoms with van der Waals surface area (Å²) in [7, 11) is 0. The van der Waals surface area contributed by atoms with Gasteiger partial charge in [-0.05, 0) is 6.26 Å². The van der Waals surface area contributed by atoms with E-state index in [4.69, 9.17) is 11.6 Å². The molecule has 16 heavy (non-hydrogen) atoms. The summed E-state index contributed by atoms with van der Waals surface area (Å²) in [5.74, 6) is 1.32. The zero-order chi connectivity index (χ0) is 11.5. The van der Waals surface area contributed by atoms with Gasteiger partial charge in [-0.2, -0.15) is 31.3 Å². The smallest absolute Gasteiger partial charge is 0.255 e. The Morgan fingerprint density at radius 3 is 3.19 bits per heavy atom. The third-order valence-corrected chi connectivity index (χ3v) is 3.36. The summed E-state index contributed by atoms with van der Waals surface area (Å²) in [6.07, 6.45) is 3.54.